The Morgan fingerprint density at radius 2 is 2.08 bits per heavy atom. The molecule has 2 aliphatic rings. The Bertz CT molecular complexity index is 503. The number of hydrogen-bond acceptors (Lipinski definition) is 4. The van der Waals surface area contributed by atoms with Crippen molar-refractivity contribution in [3.05, 3.63) is 17.5 Å². The number of likely N-dealkylation sites (N-methyl/N-ethyl adjacent to an activating group) is 2. The van der Waals surface area contributed by atoms with Crippen LogP contribution in [0.4, 0.5) is 0 Å². The highest BCUT2D eigenvalue weighted by Crippen LogP contribution is 2.46. The van der Waals surface area contributed by atoms with Crippen LogP contribution in [0.3, 0.4) is 0 Å². The standard InChI is InChI=1S/C19H34N4O/c1-19(8-9-19)14-24-17-6-4-15(5-7-17)18-16(12-21-22-18)13-23(3)11-10-20-2/h12,15,17,20H,4-11,13-14H2,1-3H3,(H,21,22)/t15-,17+. The van der Waals surface area contributed by atoms with Gasteiger partial charge in [0.1, 0.15) is 0 Å². The topological polar surface area (TPSA) is 53.2 Å². The zero-order valence-corrected chi connectivity index (χ0v) is 15.6. The van der Waals surface area contributed by atoms with Crippen LogP contribution >= 0.6 is 0 Å². The Morgan fingerprint density at radius 1 is 1.33 bits per heavy atom. The zero-order chi connectivity index (χ0) is 17.0. The van der Waals surface area contributed by atoms with Crippen LogP contribution in [0.1, 0.15) is 62.6 Å². The van der Waals surface area contributed by atoms with Crippen LogP contribution < -0.4 is 5.32 Å². The predicted octanol–water partition coefficient (Wildman–Crippen LogP) is 2.90. The summed E-state index contributed by atoms with van der Waals surface area (Å²) in [7, 11) is 4.18. The molecule has 0 atom stereocenters. The first-order valence-electron chi connectivity index (χ1n) is 9.57. The van der Waals surface area contributed by atoms with E-state index in [0.29, 0.717) is 17.4 Å². The minimum absolute atomic E-state index is 0.472. The minimum Gasteiger partial charge on any atom is -0.378 e. The van der Waals surface area contributed by atoms with E-state index in [9.17, 15) is 0 Å². The summed E-state index contributed by atoms with van der Waals surface area (Å²) in [6.45, 7) is 6.36. The van der Waals surface area contributed by atoms with Gasteiger partial charge in [-0.15, -0.1) is 0 Å². The normalized spacial score (nSPS) is 26.0. The monoisotopic (exact) mass is 334 g/mol. The van der Waals surface area contributed by atoms with E-state index in [-0.39, 0.29) is 0 Å². The number of ether oxygens (including phenoxy) is 1. The van der Waals surface area contributed by atoms with Gasteiger partial charge >= 0.3 is 0 Å². The number of H-pyrrole nitrogens is 1. The van der Waals surface area contributed by atoms with Crippen molar-refractivity contribution in [2.75, 3.05) is 33.8 Å². The van der Waals surface area contributed by atoms with Gasteiger partial charge in [-0.2, -0.15) is 5.10 Å². The van der Waals surface area contributed by atoms with Crippen molar-refractivity contribution in [2.24, 2.45) is 5.41 Å². The Balaban J connectivity index is 1.46. The molecule has 2 aliphatic carbocycles. The average molecular weight is 335 g/mol. The summed E-state index contributed by atoms with van der Waals surface area (Å²) >= 11 is 0. The molecular weight excluding hydrogens is 300 g/mol. The number of rotatable bonds is 9. The third-order valence-corrected chi connectivity index (χ3v) is 5.77. The number of hydrogen-bond donors (Lipinski definition) is 2. The van der Waals surface area contributed by atoms with E-state index in [2.05, 4.69) is 40.6 Å². The second-order valence-corrected chi connectivity index (χ2v) is 8.23. The molecule has 0 aliphatic heterocycles. The summed E-state index contributed by atoms with van der Waals surface area (Å²) in [6, 6.07) is 0. The van der Waals surface area contributed by atoms with Gasteiger partial charge in [0, 0.05) is 37.3 Å². The summed E-state index contributed by atoms with van der Waals surface area (Å²) in [5, 5.41) is 10.9. The molecule has 24 heavy (non-hydrogen) atoms. The number of nitrogens with one attached hydrogen (secondary N) is 2. The summed E-state index contributed by atoms with van der Waals surface area (Å²) in [5.41, 5.74) is 3.16. The molecule has 0 unspecified atom stereocenters. The van der Waals surface area contributed by atoms with Gasteiger partial charge in [0.25, 0.3) is 0 Å². The van der Waals surface area contributed by atoms with Crippen LogP contribution in [0.25, 0.3) is 0 Å². The van der Waals surface area contributed by atoms with Gasteiger partial charge in [-0.25, -0.2) is 0 Å². The Hall–Kier alpha value is -0.910. The van der Waals surface area contributed by atoms with Crippen molar-refractivity contribution in [3.63, 3.8) is 0 Å². The first-order chi connectivity index (χ1) is 11.6. The SMILES string of the molecule is CNCCN(C)Cc1c[nH]nc1[C@H]1CC[C@@H](OCC2(C)CC2)CC1. The molecule has 2 saturated carbocycles. The number of aromatic amines is 1. The van der Waals surface area contributed by atoms with Gasteiger partial charge in [0.15, 0.2) is 0 Å². The molecule has 5 nitrogen and oxygen atoms in total. The number of nitrogens with zero attached hydrogens (tertiary/aromatic N) is 2. The lowest BCUT2D eigenvalue weighted by Gasteiger charge is -2.29. The van der Waals surface area contributed by atoms with Gasteiger partial charge in [0.2, 0.25) is 0 Å². The maximum atomic E-state index is 6.17. The molecule has 1 heterocycles. The quantitative estimate of drug-likeness (QED) is 0.729. The van der Waals surface area contributed by atoms with E-state index in [1.807, 2.05) is 7.05 Å². The van der Waals surface area contributed by atoms with Crippen molar-refractivity contribution < 1.29 is 4.74 Å². The lowest BCUT2D eigenvalue weighted by atomic mass is 9.84. The predicted molar refractivity (Wildman–Crippen MR) is 97.1 cm³/mol. The van der Waals surface area contributed by atoms with Crippen LogP contribution in [0, 0.1) is 5.41 Å². The summed E-state index contributed by atoms with van der Waals surface area (Å²) in [4.78, 5) is 2.36. The zero-order valence-electron chi connectivity index (χ0n) is 15.6. The van der Waals surface area contributed by atoms with Crippen LogP contribution in [0.5, 0.6) is 0 Å². The molecule has 5 heteroatoms. The Kier molecular flexibility index (Phi) is 5.95. The molecule has 2 N–H and O–H groups in total. The molecule has 0 amide bonds. The van der Waals surface area contributed by atoms with E-state index in [0.717, 1.165) is 26.2 Å². The Morgan fingerprint density at radius 3 is 2.75 bits per heavy atom. The third kappa shape index (κ3) is 4.80. The van der Waals surface area contributed by atoms with E-state index < -0.39 is 0 Å². The Labute approximate surface area is 146 Å². The fourth-order valence-electron chi connectivity index (χ4n) is 3.66. The van der Waals surface area contributed by atoms with Crippen molar-refractivity contribution >= 4 is 0 Å². The average Bonchev–Trinajstić information content (AvgIpc) is 3.15. The smallest absolute Gasteiger partial charge is 0.0697 e. The molecule has 136 valence electrons. The lowest BCUT2D eigenvalue weighted by molar-refractivity contribution is 0.00204. The fourth-order valence-corrected chi connectivity index (χ4v) is 3.66. The van der Waals surface area contributed by atoms with E-state index >= 15 is 0 Å². The van der Waals surface area contributed by atoms with E-state index in [1.54, 1.807) is 0 Å². The van der Waals surface area contributed by atoms with Gasteiger partial charge in [-0.1, -0.05) is 6.92 Å². The molecule has 0 radical (unpaired) electrons. The van der Waals surface area contributed by atoms with Crippen LogP contribution in [0.15, 0.2) is 6.20 Å². The first kappa shape index (κ1) is 17.9. The highest BCUT2D eigenvalue weighted by molar-refractivity contribution is 5.21. The van der Waals surface area contributed by atoms with E-state index in [1.165, 1.54) is 49.8 Å². The maximum Gasteiger partial charge on any atom is 0.0697 e. The minimum atomic E-state index is 0.472. The van der Waals surface area contributed by atoms with Gasteiger partial charge < -0.3 is 15.0 Å². The summed E-state index contributed by atoms with van der Waals surface area (Å²) in [6.07, 6.45) is 10.0. The summed E-state index contributed by atoms with van der Waals surface area (Å²) < 4.78 is 6.17. The van der Waals surface area contributed by atoms with E-state index in [4.69, 9.17) is 4.74 Å². The van der Waals surface area contributed by atoms with Gasteiger partial charge in [-0.3, -0.25) is 5.10 Å². The third-order valence-electron chi connectivity index (χ3n) is 5.77. The molecule has 2 fully saturated rings. The molecule has 1 aromatic heterocycles. The molecule has 0 aromatic carbocycles. The molecular formula is C19H34N4O. The van der Waals surface area contributed by atoms with Gasteiger partial charge in [-0.05, 0) is 58.0 Å². The molecule has 0 bridgehead atoms. The first-order valence-corrected chi connectivity index (χ1v) is 9.57. The lowest BCUT2D eigenvalue weighted by Crippen LogP contribution is -2.28. The van der Waals surface area contributed by atoms with Crippen LogP contribution in [-0.4, -0.2) is 55.0 Å². The maximum absolute atomic E-state index is 6.17. The number of aromatic nitrogens is 2. The fraction of sp³-hybridized carbons (Fsp3) is 0.842. The summed E-state index contributed by atoms with van der Waals surface area (Å²) in [5.74, 6) is 0.598. The highest BCUT2D eigenvalue weighted by Gasteiger charge is 2.38. The molecule has 1 aromatic rings. The molecule has 3 rings (SSSR count). The molecule has 0 spiro atoms. The largest absolute Gasteiger partial charge is 0.378 e. The van der Waals surface area contributed by atoms with Gasteiger partial charge in [0.05, 0.1) is 18.4 Å². The van der Waals surface area contributed by atoms with Crippen molar-refractivity contribution in [2.45, 2.75) is 64.0 Å². The van der Waals surface area contributed by atoms with Crippen LogP contribution in [0.2, 0.25) is 0 Å². The second-order valence-electron chi connectivity index (χ2n) is 8.23. The highest BCUT2D eigenvalue weighted by atomic mass is 16.5. The molecule has 0 saturated heterocycles. The second kappa shape index (κ2) is 7.98. The van der Waals surface area contributed by atoms with Crippen molar-refractivity contribution in [1.82, 2.24) is 20.4 Å². The van der Waals surface area contributed by atoms with Crippen molar-refractivity contribution in [3.8, 4) is 0 Å². The van der Waals surface area contributed by atoms with Crippen LogP contribution in [-0.2, 0) is 11.3 Å². The van der Waals surface area contributed by atoms with Crippen molar-refractivity contribution in [1.29, 1.82) is 0 Å².